The molecule has 0 spiro atoms. The van der Waals surface area contributed by atoms with Gasteiger partial charge in [-0.3, -0.25) is 4.57 Å². The molecule has 0 unspecified atom stereocenters. The summed E-state index contributed by atoms with van der Waals surface area (Å²) < 4.78 is 4.22. The smallest absolute Gasteiger partial charge is 0.318 e. The zero-order valence-corrected chi connectivity index (χ0v) is 14.5. The van der Waals surface area contributed by atoms with Crippen molar-refractivity contribution in [1.82, 2.24) is 18.1 Å². The minimum atomic E-state index is 0.860. The molecule has 0 saturated heterocycles. The maximum absolute atomic E-state index is 4.88. The van der Waals surface area contributed by atoms with Crippen LogP contribution in [0, 0.1) is 0 Å². The van der Waals surface area contributed by atoms with Crippen molar-refractivity contribution < 1.29 is 0 Å². The van der Waals surface area contributed by atoms with E-state index < -0.39 is 0 Å². The van der Waals surface area contributed by atoms with Gasteiger partial charge in [0.05, 0.1) is 5.69 Å². The summed E-state index contributed by atoms with van der Waals surface area (Å²) in [5, 5.41) is 1.19. The molecule has 5 heteroatoms. The van der Waals surface area contributed by atoms with Crippen molar-refractivity contribution in [1.29, 1.82) is 0 Å². The fourth-order valence-corrected chi connectivity index (χ4v) is 3.68. The minimum absolute atomic E-state index is 0.860. The number of hydrogen-bond donors (Lipinski definition) is 0. The van der Waals surface area contributed by atoms with Crippen molar-refractivity contribution in [3.8, 4) is 17.2 Å². The summed E-state index contributed by atoms with van der Waals surface area (Å²) >= 11 is 2.80. The van der Waals surface area contributed by atoms with Crippen LogP contribution in [0.25, 0.3) is 39.3 Å². The van der Waals surface area contributed by atoms with Gasteiger partial charge in [0.2, 0.25) is 0 Å². The zero-order valence-electron chi connectivity index (χ0n) is 13.4. The topological polar surface area (TPSA) is 35.6 Å². The number of pyridine rings is 1. The normalized spacial score (nSPS) is 11.4. The maximum atomic E-state index is 4.88. The van der Waals surface area contributed by atoms with E-state index in [9.17, 15) is 0 Å². The molecule has 2 radical (unpaired) electrons. The van der Waals surface area contributed by atoms with Gasteiger partial charge in [-0.2, -0.15) is 0 Å². The van der Waals surface area contributed by atoms with Gasteiger partial charge < -0.3 is 3.55 Å². The molecule has 116 valence electrons. The average molecular weight is 336 g/mol. The molecule has 2 aromatic carbocycles. The molecule has 0 fully saturated rings. The molecule has 3 heterocycles. The Morgan fingerprint density at radius 3 is 2.48 bits per heavy atom. The van der Waals surface area contributed by atoms with Gasteiger partial charge in [-0.15, -0.1) is 0 Å². The van der Waals surface area contributed by atoms with Crippen LogP contribution in [0.2, 0.25) is 0 Å². The second kappa shape index (κ2) is 5.59. The Labute approximate surface area is 153 Å². The third-order valence-electron chi connectivity index (χ3n) is 4.41. The van der Waals surface area contributed by atoms with Crippen LogP contribution in [0.1, 0.15) is 0 Å². The first-order valence-corrected chi connectivity index (χ1v) is 8.59. The van der Waals surface area contributed by atoms with Gasteiger partial charge in [0.15, 0.2) is 11.5 Å². The molecule has 0 bridgehead atoms. The summed E-state index contributed by atoms with van der Waals surface area (Å²) in [7, 11) is 0. The van der Waals surface area contributed by atoms with E-state index in [2.05, 4.69) is 72.1 Å². The van der Waals surface area contributed by atoms with Crippen molar-refractivity contribution >= 4 is 38.6 Å². The number of hydrogen-bond acceptors (Lipinski definition) is 2. The number of nitrogens with zero attached hydrogens (tertiary/aromatic N) is 4. The van der Waals surface area contributed by atoms with Crippen LogP contribution in [-0.4, -0.2) is 34.6 Å². The lowest BCUT2D eigenvalue weighted by molar-refractivity contribution is 1.06. The van der Waals surface area contributed by atoms with Crippen LogP contribution < -0.4 is 0 Å². The van der Waals surface area contributed by atoms with Crippen LogP contribution in [0.3, 0.4) is 0 Å². The number of aromatic nitrogens is 4. The Bertz CT molecular complexity index is 1200. The van der Waals surface area contributed by atoms with Gasteiger partial charge in [0.25, 0.3) is 0 Å². The standard InChI is InChI=1S/C20H13N4.Al/c1-2-8-15(9-3-1)24-19-17(11-6-12-21-19)23-20(24)18-13-14-7-4-5-10-16(14)22-18;/h1-13H;/q-1;+1. The van der Waals surface area contributed by atoms with Crippen LogP contribution in [0.4, 0.5) is 0 Å². The SMILES string of the molecule is [Al][n]1c(-c2nc3cccnc3n2-c2ccccc2)cc2ccccc21. The summed E-state index contributed by atoms with van der Waals surface area (Å²) in [6, 6.07) is 24.7. The predicted octanol–water partition coefficient (Wildman–Crippen LogP) is 3.97. The second-order valence-corrected chi connectivity index (χ2v) is 6.43. The molecule has 5 aromatic rings. The van der Waals surface area contributed by atoms with Gasteiger partial charge in [-0.05, 0) is 41.8 Å². The van der Waals surface area contributed by atoms with Crippen molar-refractivity contribution in [2.45, 2.75) is 0 Å². The van der Waals surface area contributed by atoms with Crippen LogP contribution in [0.5, 0.6) is 0 Å². The summed E-state index contributed by atoms with van der Waals surface area (Å²) in [4.78, 5) is 9.45. The number of imidazole rings is 1. The van der Waals surface area contributed by atoms with Gasteiger partial charge in [-0.25, -0.2) is 9.97 Å². The molecule has 0 aliphatic heterocycles. The van der Waals surface area contributed by atoms with Crippen molar-refractivity contribution in [3.63, 3.8) is 0 Å². The number of rotatable bonds is 2. The van der Waals surface area contributed by atoms with Crippen LogP contribution in [0.15, 0.2) is 79.0 Å². The molecule has 4 nitrogen and oxygen atoms in total. The Balaban J connectivity index is 1.88. The molecule has 0 saturated carbocycles. The minimum Gasteiger partial charge on any atom is -0.449 e. The fraction of sp³-hybridized carbons (Fsp3) is 0. The lowest BCUT2D eigenvalue weighted by Crippen LogP contribution is -2.02. The third-order valence-corrected chi connectivity index (χ3v) is 4.96. The highest BCUT2D eigenvalue weighted by atomic mass is 27.1. The molecule has 0 aliphatic carbocycles. The quantitative estimate of drug-likeness (QED) is 0.457. The predicted molar refractivity (Wildman–Crippen MR) is 101 cm³/mol. The highest BCUT2D eigenvalue weighted by Gasteiger charge is 2.17. The van der Waals surface area contributed by atoms with E-state index >= 15 is 0 Å². The largest absolute Gasteiger partial charge is 0.449 e. The van der Waals surface area contributed by atoms with Gasteiger partial charge in [0.1, 0.15) is 5.52 Å². The van der Waals surface area contributed by atoms with E-state index in [0.717, 1.165) is 33.9 Å². The van der Waals surface area contributed by atoms with E-state index in [0.29, 0.717) is 0 Å². The van der Waals surface area contributed by atoms with Gasteiger partial charge in [0, 0.05) is 17.4 Å². The fourth-order valence-electron chi connectivity index (χ4n) is 3.25. The van der Waals surface area contributed by atoms with E-state index in [-0.39, 0.29) is 0 Å². The molecule has 5 rings (SSSR count). The van der Waals surface area contributed by atoms with Crippen molar-refractivity contribution in [2.24, 2.45) is 0 Å². The monoisotopic (exact) mass is 336 g/mol. The molecule has 0 amide bonds. The zero-order chi connectivity index (χ0) is 16.8. The first-order chi connectivity index (χ1) is 12.3. The first-order valence-electron chi connectivity index (χ1n) is 8.08. The highest BCUT2D eigenvalue weighted by molar-refractivity contribution is 6.14. The second-order valence-electron chi connectivity index (χ2n) is 5.91. The molecular weight excluding hydrogens is 323 g/mol. The molecule has 3 aromatic heterocycles. The highest BCUT2D eigenvalue weighted by Crippen LogP contribution is 2.30. The molecule has 0 atom stereocenters. The summed E-state index contributed by atoms with van der Waals surface area (Å²) in [6.07, 6.45) is 1.81. The van der Waals surface area contributed by atoms with Gasteiger partial charge >= 0.3 is 16.5 Å². The van der Waals surface area contributed by atoms with E-state index in [1.807, 2.05) is 36.5 Å². The summed E-state index contributed by atoms with van der Waals surface area (Å²) in [6.45, 7) is 0. The third kappa shape index (κ3) is 2.21. The lowest BCUT2D eigenvalue weighted by Gasteiger charge is -2.10. The Hall–Kier alpha value is -2.87. The van der Waals surface area contributed by atoms with E-state index in [4.69, 9.17) is 4.98 Å². The number of benzene rings is 2. The Morgan fingerprint density at radius 2 is 1.64 bits per heavy atom. The maximum Gasteiger partial charge on any atom is 0.318 e. The molecule has 25 heavy (non-hydrogen) atoms. The lowest BCUT2D eigenvalue weighted by atomic mass is 10.2. The summed E-state index contributed by atoms with van der Waals surface area (Å²) in [5.74, 6) is 0.881. The Morgan fingerprint density at radius 1 is 0.840 bits per heavy atom. The van der Waals surface area contributed by atoms with Crippen LogP contribution >= 0.6 is 0 Å². The van der Waals surface area contributed by atoms with E-state index in [1.165, 1.54) is 5.39 Å². The molecular formula is C20H13AlN4. The first kappa shape index (κ1) is 14.5. The van der Waals surface area contributed by atoms with Gasteiger partial charge in [-0.1, -0.05) is 36.4 Å². The molecule has 0 N–H and O–H groups in total. The average Bonchev–Trinajstić information content (AvgIpc) is 3.21. The number of fused-ring (bicyclic) bond motifs is 2. The van der Waals surface area contributed by atoms with E-state index in [1.54, 1.807) is 0 Å². The Kier molecular flexibility index (Phi) is 3.24. The summed E-state index contributed by atoms with van der Waals surface area (Å²) in [5.41, 5.74) is 4.99. The van der Waals surface area contributed by atoms with Crippen molar-refractivity contribution in [2.75, 3.05) is 0 Å². The number of para-hydroxylation sites is 2. The molecule has 0 aliphatic rings. The van der Waals surface area contributed by atoms with Crippen LogP contribution in [-0.2, 0) is 0 Å². The van der Waals surface area contributed by atoms with Crippen molar-refractivity contribution in [3.05, 3.63) is 79.0 Å².